The van der Waals surface area contributed by atoms with E-state index in [0.29, 0.717) is 17.9 Å². The van der Waals surface area contributed by atoms with E-state index in [1.807, 2.05) is 6.07 Å². The summed E-state index contributed by atoms with van der Waals surface area (Å²) in [4.78, 5) is 0. The zero-order chi connectivity index (χ0) is 11.3. The molecule has 84 valence electrons. The maximum Gasteiger partial charge on any atom is 0.160 e. The molecular weight excluding hydrogens is 196 g/mol. The molecule has 2 N–H and O–H groups in total. The molecule has 0 bridgehead atoms. The number of aliphatic hydroxyl groups excluding tert-OH is 2. The van der Waals surface area contributed by atoms with Crippen LogP contribution in [-0.4, -0.2) is 37.1 Å². The van der Waals surface area contributed by atoms with Crippen molar-refractivity contribution in [2.24, 2.45) is 0 Å². The number of benzene rings is 1. The second-order valence-corrected chi connectivity index (χ2v) is 3.23. The lowest BCUT2D eigenvalue weighted by Crippen LogP contribution is -2.15. The van der Waals surface area contributed by atoms with Crippen LogP contribution in [0.25, 0.3) is 0 Å². The van der Waals surface area contributed by atoms with Gasteiger partial charge in [-0.15, -0.1) is 0 Å². The predicted molar refractivity (Wildman–Crippen MR) is 56.3 cm³/mol. The van der Waals surface area contributed by atoms with Crippen molar-refractivity contribution in [3.8, 4) is 11.5 Å². The largest absolute Gasteiger partial charge is 0.493 e. The fourth-order valence-corrected chi connectivity index (χ4v) is 1.34. The third-order valence-electron chi connectivity index (χ3n) is 2.13. The number of ether oxygens (including phenoxy) is 2. The number of rotatable bonds is 5. The van der Waals surface area contributed by atoms with Crippen molar-refractivity contribution in [1.82, 2.24) is 0 Å². The molecule has 0 aliphatic carbocycles. The Labute approximate surface area is 89.1 Å². The van der Waals surface area contributed by atoms with Crippen LogP contribution in [0, 0.1) is 0 Å². The first-order chi connectivity index (χ1) is 7.21. The van der Waals surface area contributed by atoms with Crippen LogP contribution in [0.1, 0.15) is 5.56 Å². The molecular formula is C11H16O4. The van der Waals surface area contributed by atoms with E-state index >= 15 is 0 Å². The summed E-state index contributed by atoms with van der Waals surface area (Å²) >= 11 is 0. The van der Waals surface area contributed by atoms with E-state index < -0.39 is 6.10 Å². The standard InChI is InChI=1S/C11H16O4/c1-14-10-4-3-8(5-9(13)7-12)6-11(10)15-2/h3-4,6,9,12-13H,5,7H2,1-2H3. The van der Waals surface area contributed by atoms with Gasteiger partial charge in [-0.1, -0.05) is 6.07 Å². The molecule has 1 unspecified atom stereocenters. The number of methoxy groups -OCH3 is 2. The van der Waals surface area contributed by atoms with Crippen LogP contribution in [0.15, 0.2) is 18.2 Å². The zero-order valence-corrected chi connectivity index (χ0v) is 8.93. The molecule has 15 heavy (non-hydrogen) atoms. The fraction of sp³-hybridized carbons (Fsp3) is 0.455. The van der Waals surface area contributed by atoms with Gasteiger partial charge in [0.25, 0.3) is 0 Å². The Morgan fingerprint density at radius 3 is 2.40 bits per heavy atom. The van der Waals surface area contributed by atoms with Crippen LogP contribution in [0.5, 0.6) is 11.5 Å². The lowest BCUT2D eigenvalue weighted by atomic mass is 10.1. The third kappa shape index (κ3) is 3.11. The van der Waals surface area contributed by atoms with Crippen molar-refractivity contribution in [2.75, 3.05) is 20.8 Å². The molecule has 1 rings (SSSR count). The van der Waals surface area contributed by atoms with E-state index in [1.165, 1.54) is 0 Å². The van der Waals surface area contributed by atoms with Gasteiger partial charge in [0.15, 0.2) is 11.5 Å². The summed E-state index contributed by atoms with van der Waals surface area (Å²) in [5.41, 5.74) is 0.897. The Hall–Kier alpha value is -1.26. The number of hydrogen-bond donors (Lipinski definition) is 2. The smallest absolute Gasteiger partial charge is 0.160 e. The molecule has 0 aromatic heterocycles. The van der Waals surface area contributed by atoms with Crippen LogP contribution in [-0.2, 0) is 6.42 Å². The first kappa shape index (κ1) is 11.8. The quantitative estimate of drug-likeness (QED) is 0.750. The second-order valence-electron chi connectivity index (χ2n) is 3.23. The van der Waals surface area contributed by atoms with E-state index in [2.05, 4.69) is 0 Å². The highest BCUT2D eigenvalue weighted by molar-refractivity contribution is 5.43. The molecule has 0 heterocycles. The minimum absolute atomic E-state index is 0.242. The van der Waals surface area contributed by atoms with E-state index in [1.54, 1.807) is 26.4 Å². The van der Waals surface area contributed by atoms with Gasteiger partial charge < -0.3 is 19.7 Å². The van der Waals surface area contributed by atoms with Gasteiger partial charge in [-0.25, -0.2) is 0 Å². The van der Waals surface area contributed by atoms with Crippen molar-refractivity contribution < 1.29 is 19.7 Å². The SMILES string of the molecule is COc1ccc(CC(O)CO)cc1OC. The van der Waals surface area contributed by atoms with Crippen molar-refractivity contribution in [1.29, 1.82) is 0 Å². The van der Waals surface area contributed by atoms with Crippen molar-refractivity contribution >= 4 is 0 Å². The number of aliphatic hydroxyl groups is 2. The van der Waals surface area contributed by atoms with Gasteiger partial charge in [-0.05, 0) is 17.7 Å². The molecule has 0 aliphatic rings. The van der Waals surface area contributed by atoms with Crippen molar-refractivity contribution in [3.05, 3.63) is 23.8 Å². The summed E-state index contributed by atoms with van der Waals surface area (Å²) in [6.45, 7) is -0.242. The fourth-order valence-electron chi connectivity index (χ4n) is 1.34. The first-order valence-electron chi connectivity index (χ1n) is 4.71. The van der Waals surface area contributed by atoms with Gasteiger partial charge in [0.2, 0.25) is 0 Å². The highest BCUT2D eigenvalue weighted by Crippen LogP contribution is 2.27. The van der Waals surface area contributed by atoms with Crippen LogP contribution >= 0.6 is 0 Å². The minimum atomic E-state index is -0.733. The second kappa shape index (κ2) is 5.58. The predicted octanol–water partition coefficient (Wildman–Crippen LogP) is 0.599. The Kier molecular flexibility index (Phi) is 4.39. The van der Waals surface area contributed by atoms with Gasteiger partial charge >= 0.3 is 0 Å². The maximum absolute atomic E-state index is 9.28. The Balaban J connectivity index is 2.83. The van der Waals surface area contributed by atoms with Gasteiger partial charge in [-0.3, -0.25) is 0 Å². The van der Waals surface area contributed by atoms with Crippen LogP contribution < -0.4 is 9.47 Å². The molecule has 1 aromatic rings. The van der Waals surface area contributed by atoms with Crippen LogP contribution in [0.3, 0.4) is 0 Å². The zero-order valence-electron chi connectivity index (χ0n) is 8.93. The molecule has 0 aliphatic heterocycles. The minimum Gasteiger partial charge on any atom is -0.493 e. The van der Waals surface area contributed by atoms with Crippen molar-refractivity contribution in [3.63, 3.8) is 0 Å². The Morgan fingerprint density at radius 2 is 1.87 bits per heavy atom. The van der Waals surface area contributed by atoms with Crippen LogP contribution in [0.2, 0.25) is 0 Å². The summed E-state index contributed by atoms with van der Waals surface area (Å²) < 4.78 is 10.2. The Morgan fingerprint density at radius 1 is 1.20 bits per heavy atom. The van der Waals surface area contributed by atoms with Gasteiger partial charge in [0, 0.05) is 6.42 Å². The first-order valence-corrected chi connectivity index (χ1v) is 4.71. The maximum atomic E-state index is 9.28. The van der Waals surface area contributed by atoms with E-state index in [9.17, 15) is 5.11 Å². The molecule has 0 saturated heterocycles. The third-order valence-corrected chi connectivity index (χ3v) is 2.13. The average molecular weight is 212 g/mol. The number of hydrogen-bond acceptors (Lipinski definition) is 4. The van der Waals surface area contributed by atoms with E-state index in [0.717, 1.165) is 5.56 Å². The summed E-state index contributed by atoms with van der Waals surface area (Å²) in [6, 6.07) is 5.40. The van der Waals surface area contributed by atoms with Crippen LogP contribution in [0.4, 0.5) is 0 Å². The molecule has 4 heteroatoms. The van der Waals surface area contributed by atoms with Gasteiger partial charge in [0.1, 0.15) is 0 Å². The lowest BCUT2D eigenvalue weighted by molar-refractivity contribution is 0.0954. The summed E-state index contributed by atoms with van der Waals surface area (Å²) in [5, 5.41) is 18.0. The summed E-state index contributed by atoms with van der Waals surface area (Å²) in [5.74, 6) is 1.28. The average Bonchev–Trinajstić information content (AvgIpc) is 2.28. The lowest BCUT2D eigenvalue weighted by Gasteiger charge is -2.11. The normalized spacial score (nSPS) is 12.3. The highest BCUT2D eigenvalue weighted by atomic mass is 16.5. The highest BCUT2D eigenvalue weighted by Gasteiger charge is 2.08. The molecule has 0 fully saturated rings. The molecule has 0 amide bonds. The summed E-state index contributed by atoms with van der Waals surface area (Å²) in [6.07, 6.45) is -0.334. The summed E-state index contributed by atoms with van der Waals surface area (Å²) in [7, 11) is 3.13. The van der Waals surface area contributed by atoms with Gasteiger partial charge in [-0.2, -0.15) is 0 Å². The van der Waals surface area contributed by atoms with Crippen molar-refractivity contribution in [2.45, 2.75) is 12.5 Å². The topological polar surface area (TPSA) is 58.9 Å². The Bertz CT molecular complexity index is 311. The molecule has 4 nitrogen and oxygen atoms in total. The van der Waals surface area contributed by atoms with E-state index in [-0.39, 0.29) is 6.61 Å². The molecule has 1 aromatic carbocycles. The molecule has 1 atom stereocenters. The monoisotopic (exact) mass is 212 g/mol. The molecule has 0 saturated carbocycles. The van der Waals surface area contributed by atoms with E-state index in [4.69, 9.17) is 14.6 Å². The molecule has 0 spiro atoms. The van der Waals surface area contributed by atoms with Gasteiger partial charge in [0.05, 0.1) is 26.9 Å². The molecule has 0 radical (unpaired) electrons.